The van der Waals surface area contributed by atoms with E-state index in [0.29, 0.717) is 24.9 Å². The highest BCUT2D eigenvalue weighted by atomic mass is 16.6. The van der Waals surface area contributed by atoms with E-state index in [1.165, 1.54) is 4.90 Å². The summed E-state index contributed by atoms with van der Waals surface area (Å²) in [4.78, 5) is 42.3. The summed E-state index contributed by atoms with van der Waals surface area (Å²) in [5.41, 5.74) is 0.764. The van der Waals surface area contributed by atoms with Gasteiger partial charge in [-0.2, -0.15) is 0 Å². The normalized spacial score (nSPS) is 18.3. The number of esters is 1. The molecule has 7 nitrogen and oxygen atoms in total. The number of piperidine rings is 1. The number of fused-ring (bicyclic) bond motifs is 1. The molecule has 1 fully saturated rings. The van der Waals surface area contributed by atoms with Crippen molar-refractivity contribution in [1.82, 2.24) is 9.88 Å². The molecule has 1 aromatic carbocycles. The highest BCUT2D eigenvalue weighted by Crippen LogP contribution is 2.23. The van der Waals surface area contributed by atoms with Crippen LogP contribution in [0.4, 0.5) is 4.79 Å². The minimum Gasteiger partial charge on any atom is -0.454 e. The van der Waals surface area contributed by atoms with E-state index in [4.69, 9.17) is 9.47 Å². The van der Waals surface area contributed by atoms with Crippen LogP contribution < -0.4 is 0 Å². The SMILES string of the molecule is C[C@H](OC(=O)[C@@H]1CCCN(C(=O)OC(C)(C)C)C1)C(=O)c1c[nH]c2ccccc12. The fraction of sp³-hybridized carbons (Fsp3) is 0.500. The molecular formula is C22H28N2O5. The van der Waals surface area contributed by atoms with E-state index in [1.807, 2.05) is 24.3 Å². The number of aromatic nitrogens is 1. The molecule has 0 spiro atoms. The van der Waals surface area contributed by atoms with Crippen LogP contribution in [-0.2, 0) is 14.3 Å². The molecule has 7 heteroatoms. The molecular weight excluding hydrogens is 372 g/mol. The molecule has 0 saturated carbocycles. The summed E-state index contributed by atoms with van der Waals surface area (Å²) in [6.45, 7) is 7.77. The molecule has 1 N–H and O–H groups in total. The summed E-state index contributed by atoms with van der Waals surface area (Å²) in [6, 6.07) is 7.48. The fourth-order valence-electron chi connectivity index (χ4n) is 3.48. The highest BCUT2D eigenvalue weighted by Gasteiger charge is 2.33. The Morgan fingerprint density at radius 1 is 1.21 bits per heavy atom. The number of Topliss-reactive ketones (excluding diaryl/α,β-unsaturated/α-hetero) is 1. The van der Waals surface area contributed by atoms with Crippen molar-refractivity contribution in [3.05, 3.63) is 36.0 Å². The summed E-state index contributed by atoms with van der Waals surface area (Å²) in [5, 5.41) is 0.800. The van der Waals surface area contributed by atoms with E-state index in [-0.39, 0.29) is 12.3 Å². The number of benzene rings is 1. The van der Waals surface area contributed by atoms with E-state index < -0.39 is 29.7 Å². The molecule has 156 valence electrons. The molecule has 1 amide bonds. The maximum Gasteiger partial charge on any atom is 0.410 e. The quantitative estimate of drug-likeness (QED) is 0.620. The lowest BCUT2D eigenvalue weighted by molar-refractivity contribution is -0.152. The van der Waals surface area contributed by atoms with Crippen LogP contribution in [0.25, 0.3) is 10.9 Å². The molecule has 1 aliphatic heterocycles. The Bertz CT molecular complexity index is 911. The molecule has 2 atom stereocenters. The summed E-state index contributed by atoms with van der Waals surface area (Å²) in [6.07, 6.45) is 1.61. The van der Waals surface area contributed by atoms with Gasteiger partial charge in [0, 0.05) is 35.8 Å². The number of para-hydroxylation sites is 1. The van der Waals surface area contributed by atoms with Crippen molar-refractivity contribution in [2.75, 3.05) is 13.1 Å². The third kappa shape index (κ3) is 4.96. The zero-order valence-electron chi connectivity index (χ0n) is 17.4. The average molecular weight is 400 g/mol. The number of carbonyl (C=O) groups excluding carboxylic acids is 3. The predicted molar refractivity (Wildman–Crippen MR) is 109 cm³/mol. The molecule has 1 aromatic heterocycles. The van der Waals surface area contributed by atoms with E-state index >= 15 is 0 Å². The van der Waals surface area contributed by atoms with Gasteiger partial charge in [0.1, 0.15) is 5.60 Å². The molecule has 2 heterocycles. The van der Waals surface area contributed by atoms with E-state index in [2.05, 4.69) is 4.98 Å². The third-order valence-electron chi connectivity index (χ3n) is 4.92. The molecule has 1 aliphatic rings. The average Bonchev–Trinajstić information content (AvgIpc) is 3.10. The second-order valence-electron chi connectivity index (χ2n) is 8.46. The topological polar surface area (TPSA) is 88.7 Å². The van der Waals surface area contributed by atoms with Crippen LogP contribution in [0.1, 0.15) is 50.9 Å². The molecule has 1 saturated heterocycles. The highest BCUT2D eigenvalue weighted by molar-refractivity contribution is 6.10. The van der Waals surface area contributed by atoms with Gasteiger partial charge in [0.15, 0.2) is 6.10 Å². The van der Waals surface area contributed by atoms with Crippen LogP contribution >= 0.6 is 0 Å². The molecule has 29 heavy (non-hydrogen) atoms. The lowest BCUT2D eigenvalue weighted by Gasteiger charge is -2.33. The van der Waals surface area contributed by atoms with E-state index in [9.17, 15) is 14.4 Å². The zero-order valence-corrected chi connectivity index (χ0v) is 17.4. The second kappa shape index (κ2) is 8.27. The Balaban J connectivity index is 1.61. The van der Waals surface area contributed by atoms with Crippen molar-refractivity contribution < 1.29 is 23.9 Å². The maximum atomic E-state index is 12.8. The first kappa shape index (κ1) is 20.9. The van der Waals surface area contributed by atoms with Crippen molar-refractivity contribution in [3.8, 4) is 0 Å². The monoisotopic (exact) mass is 400 g/mol. The van der Waals surface area contributed by atoms with Crippen molar-refractivity contribution in [2.45, 2.75) is 52.2 Å². The van der Waals surface area contributed by atoms with Crippen molar-refractivity contribution >= 4 is 28.7 Å². The zero-order chi connectivity index (χ0) is 21.2. The Labute approximate surface area is 170 Å². The predicted octanol–water partition coefficient (Wildman–Crippen LogP) is 3.93. The maximum absolute atomic E-state index is 12.8. The largest absolute Gasteiger partial charge is 0.454 e. The van der Waals surface area contributed by atoms with Crippen molar-refractivity contribution in [2.24, 2.45) is 5.92 Å². The number of aromatic amines is 1. The number of rotatable bonds is 4. The van der Waals surface area contributed by atoms with E-state index in [1.54, 1.807) is 33.9 Å². The number of ether oxygens (including phenoxy) is 2. The second-order valence-corrected chi connectivity index (χ2v) is 8.46. The van der Waals surface area contributed by atoms with Crippen molar-refractivity contribution in [3.63, 3.8) is 0 Å². The number of hydrogen-bond donors (Lipinski definition) is 1. The number of H-pyrrole nitrogens is 1. The number of ketones is 1. The first-order chi connectivity index (χ1) is 13.7. The Hall–Kier alpha value is -2.83. The first-order valence-corrected chi connectivity index (χ1v) is 9.94. The van der Waals surface area contributed by atoms with Gasteiger partial charge < -0.3 is 19.4 Å². The smallest absolute Gasteiger partial charge is 0.410 e. The molecule has 0 radical (unpaired) electrons. The van der Waals surface area contributed by atoms with Gasteiger partial charge in [0.25, 0.3) is 0 Å². The van der Waals surface area contributed by atoms with Gasteiger partial charge in [-0.3, -0.25) is 9.59 Å². The van der Waals surface area contributed by atoms with Gasteiger partial charge >= 0.3 is 12.1 Å². The molecule has 3 rings (SSSR count). The van der Waals surface area contributed by atoms with Gasteiger partial charge in [-0.25, -0.2) is 4.79 Å². The molecule has 2 aromatic rings. The number of hydrogen-bond acceptors (Lipinski definition) is 5. The van der Waals surface area contributed by atoms with Gasteiger partial charge in [0.2, 0.25) is 5.78 Å². The lowest BCUT2D eigenvalue weighted by atomic mass is 9.98. The summed E-state index contributed by atoms with van der Waals surface area (Å²) < 4.78 is 10.9. The standard InChI is InChI=1S/C22H28N2O5/c1-14(19(25)17-12-23-18-10-6-5-9-16(17)18)28-20(26)15-8-7-11-24(13-15)21(27)29-22(2,3)4/h5-6,9-10,12,14-15,23H,7-8,11,13H2,1-4H3/t14-,15+/m0/s1. The Kier molecular flexibility index (Phi) is 5.96. The van der Waals surface area contributed by atoms with Crippen LogP contribution in [0.2, 0.25) is 0 Å². The molecule has 0 bridgehead atoms. The van der Waals surface area contributed by atoms with Crippen LogP contribution in [0.3, 0.4) is 0 Å². The first-order valence-electron chi connectivity index (χ1n) is 9.94. The number of carbonyl (C=O) groups is 3. The fourth-order valence-corrected chi connectivity index (χ4v) is 3.48. The van der Waals surface area contributed by atoms with Crippen molar-refractivity contribution in [1.29, 1.82) is 0 Å². The van der Waals surface area contributed by atoms with Gasteiger partial charge in [-0.15, -0.1) is 0 Å². The molecule has 0 aliphatic carbocycles. The third-order valence-corrected chi connectivity index (χ3v) is 4.92. The van der Waals surface area contributed by atoms with Gasteiger partial charge in [-0.1, -0.05) is 18.2 Å². The van der Waals surface area contributed by atoms with Crippen LogP contribution in [0, 0.1) is 5.92 Å². The van der Waals surface area contributed by atoms with Gasteiger partial charge in [-0.05, 0) is 46.6 Å². The minimum atomic E-state index is -0.904. The summed E-state index contributed by atoms with van der Waals surface area (Å²) in [7, 11) is 0. The molecule has 0 unspecified atom stereocenters. The summed E-state index contributed by atoms with van der Waals surface area (Å²) >= 11 is 0. The van der Waals surface area contributed by atoms with Crippen LogP contribution in [0.5, 0.6) is 0 Å². The Morgan fingerprint density at radius 3 is 2.66 bits per heavy atom. The van der Waals surface area contributed by atoms with Crippen LogP contribution in [-0.4, -0.2) is 52.5 Å². The number of nitrogens with one attached hydrogen (secondary N) is 1. The number of likely N-dealkylation sites (tertiary alicyclic amines) is 1. The minimum absolute atomic E-state index is 0.238. The van der Waals surface area contributed by atoms with Gasteiger partial charge in [0.05, 0.1) is 5.92 Å². The van der Waals surface area contributed by atoms with E-state index in [0.717, 1.165) is 10.9 Å². The lowest BCUT2D eigenvalue weighted by Crippen LogP contribution is -2.45. The number of nitrogens with zero attached hydrogens (tertiary/aromatic N) is 1. The summed E-state index contributed by atoms with van der Waals surface area (Å²) in [5.74, 6) is -1.18. The number of amides is 1. The Morgan fingerprint density at radius 2 is 1.93 bits per heavy atom. The van der Waals surface area contributed by atoms with Crippen LogP contribution in [0.15, 0.2) is 30.5 Å².